The number of anilines is 2. The highest BCUT2D eigenvalue weighted by Gasteiger charge is 2.23. The van der Waals surface area contributed by atoms with Crippen LogP contribution in [-0.2, 0) is 0 Å². The van der Waals surface area contributed by atoms with Gasteiger partial charge in [-0.25, -0.2) is 4.79 Å². The second-order valence-corrected chi connectivity index (χ2v) is 7.78. The fraction of sp³-hybridized carbons (Fsp3) is 0.381. The summed E-state index contributed by atoms with van der Waals surface area (Å²) in [5, 5.41) is 4.08. The Morgan fingerprint density at radius 1 is 1.07 bits per heavy atom. The topological polar surface area (TPSA) is 35.6 Å². The molecule has 2 aromatic carbocycles. The van der Waals surface area contributed by atoms with Crippen molar-refractivity contribution in [1.29, 1.82) is 0 Å². The van der Waals surface area contributed by atoms with Crippen LogP contribution >= 0.6 is 23.2 Å². The van der Waals surface area contributed by atoms with Crippen LogP contribution in [0.4, 0.5) is 16.2 Å². The first-order chi connectivity index (χ1) is 13.0. The van der Waals surface area contributed by atoms with Crippen LogP contribution < -0.4 is 22.6 Å². The van der Waals surface area contributed by atoms with Crippen LogP contribution in [0, 0.1) is 13.8 Å². The molecule has 1 N–H and O–H groups in total. The molecule has 7 heteroatoms. The first-order valence-electron chi connectivity index (χ1n) is 9.28. The minimum absolute atomic E-state index is 0. The van der Waals surface area contributed by atoms with E-state index in [9.17, 15) is 4.79 Å². The molecule has 0 aromatic heterocycles. The maximum atomic E-state index is 13.2. The smallest absolute Gasteiger partial charge is 1.00 e. The minimum Gasteiger partial charge on any atom is -1.00 e. The van der Waals surface area contributed by atoms with Crippen molar-refractivity contribution >= 4 is 40.6 Å². The van der Waals surface area contributed by atoms with Crippen molar-refractivity contribution in [2.75, 3.05) is 36.4 Å². The molecule has 28 heavy (non-hydrogen) atoms. The Morgan fingerprint density at radius 2 is 1.68 bits per heavy atom. The first kappa shape index (κ1) is 22.8. The summed E-state index contributed by atoms with van der Waals surface area (Å²) < 4.78 is 0. The van der Waals surface area contributed by atoms with Crippen molar-refractivity contribution in [3.05, 3.63) is 57.6 Å². The van der Waals surface area contributed by atoms with Crippen molar-refractivity contribution in [2.24, 2.45) is 0 Å². The van der Waals surface area contributed by atoms with E-state index in [0.717, 1.165) is 36.4 Å². The number of hydrogen-bond donors (Lipinski definition) is 1. The maximum Gasteiger partial charge on any atom is 1.00 e. The van der Waals surface area contributed by atoms with E-state index < -0.39 is 0 Å². The predicted octanol–water partition coefficient (Wildman–Crippen LogP) is 2.86. The monoisotopic (exact) mass is 441 g/mol. The molecule has 4 nitrogen and oxygen atoms in total. The van der Waals surface area contributed by atoms with Gasteiger partial charge in [-0.05, 0) is 63.0 Å². The lowest BCUT2D eigenvalue weighted by atomic mass is 10.1. The SMILES string of the molecule is Cc1cccc(Cl)c1NC(=O)N(CCN1CCCC1)c1c(C)cccc1Cl.[Cl-].[H+]. The lowest BCUT2D eigenvalue weighted by molar-refractivity contribution is -0.00000822. The normalized spacial score (nSPS) is 13.9. The molecule has 0 spiro atoms. The van der Waals surface area contributed by atoms with E-state index in [-0.39, 0.29) is 19.9 Å². The van der Waals surface area contributed by atoms with Gasteiger partial charge in [0.2, 0.25) is 0 Å². The van der Waals surface area contributed by atoms with E-state index >= 15 is 0 Å². The largest absolute Gasteiger partial charge is 1.00 e. The van der Waals surface area contributed by atoms with Crippen molar-refractivity contribution in [2.45, 2.75) is 26.7 Å². The number of nitrogens with one attached hydrogen (secondary N) is 1. The molecule has 1 fully saturated rings. The molecule has 0 bridgehead atoms. The molecule has 0 saturated carbocycles. The molecule has 0 radical (unpaired) electrons. The molecular weight excluding hydrogens is 417 g/mol. The summed E-state index contributed by atoms with van der Waals surface area (Å²) in [5.41, 5.74) is 3.28. The zero-order chi connectivity index (χ0) is 19.4. The van der Waals surface area contributed by atoms with Crippen LogP contribution in [0.5, 0.6) is 0 Å². The number of amides is 2. The summed E-state index contributed by atoms with van der Waals surface area (Å²) in [6.45, 7) is 7.45. The molecule has 2 amide bonds. The summed E-state index contributed by atoms with van der Waals surface area (Å²) in [6.07, 6.45) is 2.44. The third kappa shape index (κ3) is 5.32. The van der Waals surface area contributed by atoms with Gasteiger partial charge < -0.3 is 22.6 Å². The molecule has 1 heterocycles. The number of urea groups is 1. The van der Waals surface area contributed by atoms with Gasteiger partial charge in [0, 0.05) is 13.1 Å². The number of halogens is 3. The van der Waals surface area contributed by atoms with Gasteiger partial charge in [-0.15, -0.1) is 0 Å². The molecule has 1 aliphatic rings. The van der Waals surface area contributed by atoms with Crippen LogP contribution in [0.1, 0.15) is 25.4 Å². The van der Waals surface area contributed by atoms with Gasteiger partial charge in [-0.3, -0.25) is 4.90 Å². The second kappa shape index (κ2) is 10.4. The molecular formula is C21H26Cl3N3O. The van der Waals surface area contributed by atoms with Crippen molar-refractivity contribution in [3.8, 4) is 0 Å². The van der Waals surface area contributed by atoms with Crippen LogP contribution in [-0.4, -0.2) is 37.1 Å². The summed E-state index contributed by atoms with van der Waals surface area (Å²) in [7, 11) is 0. The zero-order valence-corrected chi connectivity index (χ0v) is 18.4. The minimum atomic E-state index is -0.221. The highest BCUT2D eigenvalue weighted by atomic mass is 35.5. The van der Waals surface area contributed by atoms with Gasteiger partial charge in [0.15, 0.2) is 0 Å². The average Bonchev–Trinajstić information content (AvgIpc) is 3.14. The molecule has 0 aliphatic carbocycles. The number of para-hydroxylation sites is 2. The Labute approximate surface area is 184 Å². The fourth-order valence-corrected chi connectivity index (χ4v) is 4.09. The number of aryl methyl sites for hydroxylation is 2. The highest BCUT2D eigenvalue weighted by Crippen LogP contribution is 2.31. The predicted molar refractivity (Wildman–Crippen MR) is 116 cm³/mol. The Hall–Kier alpha value is -1.46. The van der Waals surface area contributed by atoms with Crippen LogP contribution in [0.25, 0.3) is 0 Å². The standard InChI is InChI=1S/C21H25Cl2N3O.ClH/c1-15-7-5-9-17(22)19(15)24-21(27)26(14-13-25-11-3-4-12-25)20-16(2)8-6-10-18(20)23;/h5-10H,3-4,11-14H2,1-2H3,(H,24,27);1H. The average molecular weight is 443 g/mol. The molecule has 2 aromatic rings. The number of benzene rings is 2. The zero-order valence-electron chi connectivity index (χ0n) is 17.1. The van der Waals surface area contributed by atoms with E-state index in [0.29, 0.717) is 22.3 Å². The Balaban J connectivity index is 0.00000210. The molecule has 1 saturated heterocycles. The summed E-state index contributed by atoms with van der Waals surface area (Å²) >= 11 is 12.8. The van der Waals surface area contributed by atoms with E-state index in [4.69, 9.17) is 23.2 Å². The number of likely N-dealkylation sites (tertiary alicyclic amines) is 1. The van der Waals surface area contributed by atoms with Gasteiger partial charge in [-0.2, -0.15) is 0 Å². The number of nitrogens with zero attached hydrogens (tertiary/aromatic N) is 2. The van der Waals surface area contributed by atoms with E-state index in [2.05, 4.69) is 10.2 Å². The maximum absolute atomic E-state index is 13.2. The number of rotatable bonds is 5. The third-order valence-corrected chi connectivity index (χ3v) is 5.62. The highest BCUT2D eigenvalue weighted by molar-refractivity contribution is 6.35. The van der Waals surface area contributed by atoms with Crippen LogP contribution in [0.3, 0.4) is 0 Å². The second-order valence-electron chi connectivity index (χ2n) is 6.97. The van der Waals surface area contributed by atoms with Gasteiger partial charge in [-0.1, -0.05) is 47.5 Å². The Kier molecular flexibility index (Phi) is 8.44. The van der Waals surface area contributed by atoms with Crippen LogP contribution in [0.15, 0.2) is 36.4 Å². The quantitative estimate of drug-likeness (QED) is 0.773. The number of hydrogen-bond acceptors (Lipinski definition) is 2. The van der Waals surface area contributed by atoms with Crippen molar-refractivity contribution < 1.29 is 18.6 Å². The van der Waals surface area contributed by atoms with Gasteiger partial charge >= 0.3 is 7.46 Å². The lowest BCUT2D eigenvalue weighted by Gasteiger charge is -2.28. The summed E-state index contributed by atoms with van der Waals surface area (Å²) in [6, 6.07) is 11.0. The summed E-state index contributed by atoms with van der Waals surface area (Å²) in [4.78, 5) is 17.3. The van der Waals surface area contributed by atoms with Crippen molar-refractivity contribution in [3.63, 3.8) is 0 Å². The molecule has 3 rings (SSSR count). The third-order valence-electron chi connectivity index (χ3n) is 5.00. The molecule has 0 unspecified atom stereocenters. The van der Waals surface area contributed by atoms with Crippen molar-refractivity contribution in [1.82, 2.24) is 4.90 Å². The summed E-state index contributed by atoms with van der Waals surface area (Å²) in [5.74, 6) is 0. The molecule has 1 aliphatic heterocycles. The van der Waals surface area contributed by atoms with Gasteiger partial charge in [0.25, 0.3) is 0 Å². The van der Waals surface area contributed by atoms with E-state index in [1.807, 2.05) is 44.2 Å². The van der Waals surface area contributed by atoms with E-state index in [1.165, 1.54) is 12.8 Å². The Bertz CT molecular complexity index is 788. The van der Waals surface area contributed by atoms with Gasteiger partial charge in [0.1, 0.15) is 0 Å². The van der Waals surface area contributed by atoms with Crippen LogP contribution in [0.2, 0.25) is 10.0 Å². The number of carbonyl (C=O) groups is 1. The molecule has 152 valence electrons. The lowest BCUT2D eigenvalue weighted by Crippen LogP contribution is -3.00. The van der Waals surface area contributed by atoms with E-state index in [1.54, 1.807) is 11.0 Å². The first-order valence-corrected chi connectivity index (χ1v) is 10.0. The molecule has 0 atom stereocenters. The Morgan fingerprint density at radius 3 is 2.29 bits per heavy atom. The van der Waals surface area contributed by atoms with Gasteiger partial charge in [0.05, 0.1) is 21.4 Å². The number of carbonyl (C=O) groups excluding carboxylic acids is 1. The fourth-order valence-electron chi connectivity index (χ4n) is 3.49.